The number of nitrogens with one attached hydrogen (secondary N) is 1. The lowest BCUT2D eigenvalue weighted by atomic mass is 10.2. The van der Waals surface area contributed by atoms with Crippen molar-refractivity contribution in [3.8, 4) is 0 Å². The van der Waals surface area contributed by atoms with Gasteiger partial charge in [-0.3, -0.25) is 0 Å². The minimum Gasteiger partial charge on any atom is -0.372 e. The van der Waals surface area contributed by atoms with Crippen LogP contribution < -0.4 is 11.1 Å². The van der Waals surface area contributed by atoms with Crippen LogP contribution in [0.15, 0.2) is 28.7 Å². The lowest BCUT2D eigenvalue weighted by Crippen LogP contribution is -2.42. The zero-order valence-electron chi connectivity index (χ0n) is 7.68. The Morgan fingerprint density at radius 3 is 2.40 bits per heavy atom. The molecule has 0 radical (unpaired) electrons. The van der Waals surface area contributed by atoms with Crippen LogP contribution in [0.3, 0.4) is 0 Å². The molecule has 0 aliphatic rings. The second-order valence-electron chi connectivity index (χ2n) is 2.95. The fourth-order valence-corrected chi connectivity index (χ4v) is 1.44. The minimum atomic E-state index is -4.34. The van der Waals surface area contributed by atoms with Gasteiger partial charge in [-0.15, -0.1) is 0 Å². The van der Waals surface area contributed by atoms with Crippen molar-refractivity contribution in [3.05, 3.63) is 28.7 Å². The molecule has 1 rings (SSSR count). The maximum atomic E-state index is 12.4. The third-order valence-corrected chi connectivity index (χ3v) is 2.53. The summed E-state index contributed by atoms with van der Waals surface area (Å²) >= 11 is 3.15. The predicted molar refractivity (Wildman–Crippen MR) is 56.7 cm³/mol. The van der Waals surface area contributed by atoms with E-state index >= 15 is 0 Å². The van der Waals surface area contributed by atoms with E-state index in [9.17, 15) is 13.2 Å². The molecule has 84 valence electrons. The Bertz CT molecular complexity index is 327. The molecular weight excluding hydrogens is 273 g/mol. The van der Waals surface area contributed by atoms with Gasteiger partial charge in [-0.2, -0.15) is 13.2 Å². The number of hydrogen-bond donors (Lipinski definition) is 2. The molecule has 1 atom stereocenters. The van der Waals surface area contributed by atoms with E-state index in [1.54, 1.807) is 24.3 Å². The van der Waals surface area contributed by atoms with Gasteiger partial charge in [0, 0.05) is 16.7 Å². The van der Waals surface area contributed by atoms with Crippen LogP contribution in [0.2, 0.25) is 0 Å². The highest BCUT2D eigenvalue weighted by Crippen LogP contribution is 2.27. The first-order valence-electron chi connectivity index (χ1n) is 4.23. The molecule has 0 aromatic heterocycles. The van der Waals surface area contributed by atoms with Crippen LogP contribution in [0.4, 0.5) is 18.9 Å². The second kappa shape index (κ2) is 4.85. The molecule has 0 bridgehead atoms. The van der Waals surface area contributed by atoms with Crippen LogP contribution >= 0.6 is 15.9 Å². The maximum Gasteiger partial charge on any atom is 0.409 e. The topological polar surface area (TPSA) is 38.0 Å². The quantitative estimate of drug-likeness (QED) is 0.895. The number of nitrogens with two attached hydrogens (primary N) is 1. The molecular formula is C9H10BrF3N2. The molecule has 1 aromatic carbocycles. The molecule has 15 heavy (non-hydrogen) atoms. The molecule has 0 amide bonds. The Labute approximate surface area is 93.8 Å². The zero-order valence-corrected chi connectivity index (χ0v) is 9.27. The van der Waals surface area contributed by atoms with Crippen molar-refractivity contribution in [1.29, 1.82) is 0 Å². The van der Waals surface area contributed by atoms with E-state index in [0.29, 0.717) is 10.2 Å². The average molecular weight is 283 g/mol. The van der Waals surface area contributed by atoms with Crippen molar-refractivity contribution in [1.82, 2.24) is 0 Å². The van der Waals surface area contributed by atoms with Crippen LogP contribution in [0.1, 0.15) is 0 Å². The number of halogens is 4. The van der Waals surface area contributed by atoms with Gasteiger partial charge in [-0.05, 0) is 28.1 Å². The normalized spacial score (nSPS) is 13.7. The van der Waals surface area contributed by atoms with Crippen molar-refractivity contribution in [2.75, 3.05) is 11.9 Å². The van der Waals surface area contributed by atoms with Crippen LogP contribution in [0.5, 0.6) is 0 Å². The minimum absolute atomic E-state index is 0.380. The Morgan fingerprint density at radius 2 is 1.93 bits per heavy atom. The highest BCUT2D eigenvalue weighted by atomic mass is 79.9. The molecule has 0 heterocycles. The number of hydrogen-bond acceptors (Lipinski definition) is 2. The Hall–Kier alpha value is -0.750. The molecule has 6 heteroatoms. The van der Waals surface area contributed by atoms with E-state index in [4.69, 9.17) is 5.73 Å². The number of benzene rings is 1. The van der Waals surface area contributed by atoms with Crippen LogP contribution in [0, 0.1) is 0 Å². The summed E-state index contributed by atoms with van der Waals surface area (Å²) in [5, 5.41) is 2.34. The summed E-state index contributed by atoms with van der Waals surface area (Å²) in [7, 11) is 0. The molecule has 1 aromatic rings. The number of anilines is 1. The molecule has 0 aliphatic heterocycles. The molecule has 2 nitrogen and oxygen atoms in total. The first kappa shape index (κ1) is 12.3. The Morgan fingerprint density at radius 1 is 1.33 bits per heavy atom. The molecule has 3 N–H and O–H groups in total. The highest BCUT2D eigenvalue weighted by Gasteiger charge is 2.38. The number of alkyl halides is 3. The Kier molecular flexibility index (Phi) is 3.98. The van der Waals surface area contributed by atoms with E-state index in [2.05, 4.69) is 21.2 Å². The third-order valence-electron chi connectivity index (χ3n) is 1.83. The molecule has 0 saturated heterocycles. The van der Waals surface area contributed by atoms with E-state index in [1.807, 2.05) is 0 Å². The van der Waals surface area contributed by atoms with Gasteiger partial charge in [0.1, 0.15) is 6.04 Å². The fourth-order valence-electron chi connectivity index (χ4n) is 1.04. The first-order chi connectivity index (χ1) is 6.95. The molecule has 0 fully saturated rings. The summed E-state index contributed by atoms with van der Waals surface area (Å²) in [6, 6.07) is 4.86. The largest absolute Gasteiger partial charge is 0.409 e. The Balaban J connectivity index is 2.80. The van der Waals surface area contributed by atoms with Crippen molar-refractivity contribution in [2.45, 2.75) is 12.2 Å². The van der Waals surface area contributed by atoms with Crippen LogP contribution in [-0.4, -0.2) is 18.8 Å². The average Bonchev–Trinajstić information content (AvgIpc) is 2.14. The summed E-state index contributed by atoms with van der Waals surface area (Å²) < 4.78 is 37.7. The lowest BCUT2D eigenvalue weighted by Gasteiger charge is -2.21. The van der Waals surface area contributed by atoms with Gasteiger partial charge in [0.25, 0.3) is 0 Å². The first-order valence-corrected chi connectivity index (χ1v) is 5.02. The predicted octanol–water partition coefficient (Wildman–Crippen LogP) is 2.75. The summed E-state index contributed by atoms with van der Waals surface area (Å²) in [5.41, 5.74) is 5.44. The second-order valence-corrected chi connectivity index (χ2v) is 3.81. The van der Waals surface area contributed by atoms with E-state index < -0.39 is 18.8 Å². The van der Waals surface area contributed by atoms with Gasteiger partial charge >= 0.3 is 6.18 Å². The molecule has 0 saturated carbocycles. The maximum absolute atomic E-state index is 12.4. The van der Waals surface area contributed by atoms with Crippen molar-refractivity contribution < 1.29 is 13.2 Å². The van der Waals surface area contributed by atoms with Gasteiger partial charge in [0.2, 0.25) is 0 Å². The summed E-state index contributed by atoms with van der Waals surface area (Å²) in [5.74, 6) is 0. The van der Waals surface area contributed by atoms with Crippen molar-refractivity contribution in [2.24, 2.45) is 5.73 Å². The number of para-hydroxylation sites is 1. The van der Waals surface area contributed by atoms with Gasteiger partial charge < -0.3 is 11.1 Å². The molecule has 0 aliphatic carbocycles. The summed E-state index contributed by atoms with van der Waals surface area (Å²) in [6.07, 6.45) is -4.34. The summed E-state index contributed by atoms with van der Waals surface area (Å²) in [6.45, 7) is -0.495. The van der Waals surface area contributed by atoms with Crippen LogP contribution in [-0.2, 0) is 0 Å². The smallest absolute Gasteiger partial charge is 0.372 e. The van der Waals surface area contributed by atoms with E-state index in [-0.39, 0.29) is 0 Å². The van der Waals surface area contributed by atoms with Crippen LogP contribution in [0.25, 0.3) is 0 Å². The van der Waals surface area contributed by atoms with E-state index in [0.717, 1.165) is 0 Å². The highest BCUT2D eigenvalue weighted by molar-refractivity contribution is 9.10. The van der Waals surface area contributed by atoms with Gasteiger partial charge in [0.15, 0.2) is 0 Å². The monoisotopic (exact) mass is 282 g/mol. The fraction of sp³-hybridized carbons (Fsp3) is 0.333. The lowest BCUT2D eigenvalue weighted by molar-refractivity contribution is -0.140. The molecule has 0 spiro atoms. The van der Waals surface area contributed by atoms with E-state index in [1.165, 1.54) is 0 Å². The third kappa shape index (κ3) is 3.39. The van der Waals surface area contributed by atoms with Gasteiger partial charge in [-0.1, -0.05) is 12.1 Å². The van der Waals surface area contributed by atoms with Gasteiger partial charge in [-0.25, -0.2) is 0 Å². The number of rotatable bonds is 3. The van der Waals surface area contributed by atoms with Crippen molar-refractivity contribution >= 4 is 21.6 Å². The molecule has 1 unspecified atom stereocenters. The van der Waals surface area contributed by atoms with Gasteiger partial charge in [0.05, 0.1) is 0 Å². The SMILES string of the molecule is NCC(Nc1ccccc1Br)C(F)(F)F. The summed E-state index contributed by atoms with van der Waals surface area (Å²) in [4.78, 5) is 0. The van der Waals surface area contributed by atoms with Crippen molar-refractivity contribution in [3.63, 3.8) is 0 Å². The standard InChI is InChI=1S/C9H10BrF3N2/c10-6-3-1-2-4-7(6)15-8(5-14)9(11,12)13/h1-4,8,15H,5,14H2. The zero-order chi connectivity index (χ0) is 11.5.